The van der Waals surface area contributed by atoms with Gasteiger partial charge in [0.05, 0.1) is 25.9 Å². The number of terminal acetylenes is 1. The summed E-state index contributed by atoms with van der Waals surface area (Å²) < 4.78 is 10.9. The lowest BCUT2D eigenvalue weighted by Gasteiger charge is -2.13. The highest BCUT2D eigenvalue weighted by atomic mass is 16.5. The summed E-state index contributed by atoms with van der Waals surface area (Å²) in [5.74, 6) is 3.10. The number of rotatable bonds is 9. The zero-order valence-electron chi connectivity index (χ0n) is 10.1. The lowest BCUT2D eigenvalue weighted by Crippen LogP contribution is -2.28. The number of nitrogens with one attached hydrogen (secondary N) is 1. The largest absolute Gasteiger partial charge is 0.379 e. The first-order chi connectivity index (χ1) is 7.16. The molecule has 1 atom stereocenters. The second-order valence-electron chi connectivity index (χ2n) is 3.99. The highest BCUT2D eigenvalue weighted by Crippen LogP contribution is 1.93. The molecule has 3 heteroatoms. The molecule has 15 heavy (non-hydrogen) atoms. The van der Waals surface area contributed by atoms with Crippen LogP contribution >= 0.6 is 0 Å². The minimum absolute atomic E-state index is 0.181. The third-order valence-corrected chi connectivity index (χ3v) is 1.74. The summed E-state index contributed by atoms with van der Waals surface area (Å²) in [6, 6.07) is 0. The molecule has 1 unspecified atom stereocenters. The average Bonchev–Trinajstić information content (AvgIpc) is 2.17. The van der Waals surface area contributed by atoms with Crippen LogP contribution < -0.4 is 5.32 Å². The predicted octanol–water partition coefficient (Wildman–Crippen LogP) is 1.29. The molecule has 0 aliphatic rings. The molecule has 0 bridgehead atoms. The Morgan fingerprint density at radius 1 is 1.27 bits per heavy atom. The van der Waals surface area contributed by atoms with Crippen molar-refractivity contribution in [3.63, 3.8) is 0 Å². The number of hydrogen-bond donors (Lipinski definition) is 1. The van der Waals surface area contributed by atoms with Gasteiger partial charge in [-0.05, 0) is 12.8 Å². The molecule has 0 rings (SSSR count). The van der Waals surface area contributed by atoms with E-state index in [1.54, 1.807) is 0 Å². The molecule has 0 aliphatic heterocycles. The number of hydrogen-bond acceptors (Lipinski definition) is 3. The third-order valence-electron chi connectivity index (χ3n) is 1.74. The van der Waals surface area contributed by atoms with Crippen LogP contribution in [0.5, 0.6) is 0 Å². The first kappa shape index (κ1) is 14.4. The van der Waals surface area contributed by atoms with Crippen LogP contribution in [0.2, 0.25) is 0 Å². The van der Waals surface area contributed by atoms with Crippen molar-refractivity contribution >= 4 is 0 Å². The lowest BCUT2D eigenvalue weighted by molar-refractivity contribution is 0.00706. The Balaban J connectivity index is 3.17. The van der Waals surface area contributed by atoms with Crippen LogP contribution in [0.25, 0.3) is 0 Å². The summed E-state index contributed by atoms with van der Waals surface area (Å²) in [5.41, 5.74) is 0. The molecule has 0 amide bonds. The summed E-state index contributed by atoms with van der Waals surface area (Å²) in [5, 5.41) is 3.09. The van der Waals surface area contributed by atoms with Gasteiger partial charge in [-0.3, -0.25) is 0 Å². The van der Waals surface area contributed by atoms with Gasteiger partial charge in [-0.1, -0.05) is 19.8 Å². The van der Waals surface area contributed by atoms with E-state index in [4.69, 9.17) is 15.9 Å². The van der Waals surface area contributed by atoms with Crippen molar-refractivity contribution in [2.45, 2.75) is 26.9 Å². The maximum absolute atomic E-state index is 5.51. The second kappa shape index (κ2) is 9.97. The van der Waals surface area contributed by atoms with Gasteiger partial charge >= 0.3 is 0 Å². The average molecular weight is 213 g/mol. The smallest absolute Gasteiger partial charge is 0.0704 e. The molecule has 0 fully saturated rings. The summed E-state index contributed by atoms with van der Waals surface area (Å²) in [4.78, 5) is 0. The van der Waals surface area contributed by atoms with Gasteiger partial charge in [0.1, 0.15) is 0 Å². The molecule has 0 aromatic heterocycles. The van der Waals surface area contributed by atoms with Crippen molar-refractivity contribution in [3.05, 3.63) is 0 Å². The Bertz CT molecular complexity index is 175. The molecular formula is C12H23NO2. The third kappa shape index (κ3) is 11.4. The van der Waals surface area contributed by atoms with Crippen LogP contribution in [0, 0.1) is 18.3 Å². The normalized spacial score (nSPS) is 12.7. The van der Waals surface area contributed by atoms with Gasteiger partial charge in [0, 0.05) is 13.2 Å². The first-order valence-electron chi connectivity index (χ1n) is 5.50. The van der Waals surface area contributed by atoms with Crippen LogP contribution in [-0.4, -0.2) is 39.0 Å². The van der Waals surface area contributed by atoms with Gasteiger partial charge in [0.15, 0.2) is 0 Å². The summed E-state index contributed by atoms with van der Waals surface area (Å²) in [6.45, 7) is 9.77. The van der Waals surface area contributed by atoms with E-state index in [0.29, 0.717) is 25.7 Å². The molecule has 0 heterocycles. The van der Waals surface area contributed by atoms with E-state index in [1.165, 1.54) is 0 Å². The van der Waals surface area contributed by atoms with E-state index in [1.807, 2.05) is 6.92 Å². The quantitative estimate of drug-likeness (QED) is 0.462. The van der Waals surface area contributed by atoms with Gasteiger partial charge in [-0.15, -0.1) is 6.42 Å². The summed E-state index contributed by atoms with van der Waals surface area (Å²) in [6.07, 6.45) is 5.29. The minimum Gasteiger partial charge on any atom is -0.379 e. The predicted molar refractivity (Wildman–Crippen MR) is 62.8 cm³/mol. The molecule has 0 aromatic carbocycles. The molecule has 0 aliphatic carbocycles. The molecule has 0 aromatic rings. The van der Waals surface area contributed by atoms with Crippen molar-refractivity contribution in [1.29, 1.82) is 0 Å². The standard InChI is InChI=1S/C12H23NO2/c1-5-6-13-9-12(4)15-8-7-14-10-11(2)3/h1,11-13H,6-10H2,2-4H3. The molecule has 88 valence electrons. The van der Waals surface area contributed by atoms with Crippen molar-refractivity contribution in [2.24, 2.45) is 5.92 Å². The van der Waals surface area contributed by atoms with Crippen LogP contribution in [0.15, 0.2) is 0 Å². The molecule has 1 N–H and O–H groups in total. The first-order valence-corrected chi connectivity index (χ1v) is 5.50. The van der Waals surface area contributed by atoms with Gasteiger partial charge in [0.2, 0.25) is 0 Å². The maximum atomic E-state index is 5.51. The van der Waals surface area contributed by atoms with E-state index < -0.39 is 0 Å². The fourth-order valence-electron chi connectivity index (χ4n) is 1.03. The van der Waals surface area contributed by atoms with Gasteiger partial charge in [-0.25, -0.2) is 0 Å². The highest BCUT2D eigenvalue weighted by Gasteiger charge is 2.00. The van der Waals surface area contributed by atoms with Crippen molar-refractivity contribution in [1.82, 2.24) is 5.32 Å². The van der Waals surface area contributed by atoms with E-state index in [-0.39, 0.29) is 6.10 Å². The number of ether oxygens (including phenoxy) is 2. The molecule has 0 spiro atoms. The van der Waals surface area contributed by atoms with Gasteiger partial charge in [0.25, 0.3) is 0 Å². The van der Waals surface area contributed by atoms with E-state index in [2.05, 4.69) is 25.1 Å². The Morgan fingerprint density at radius 2 is 2.00 bits per heavy atom. The molecule has 0 saturated heterocycles. The fraction of sp³-hybridized carbons (Fsp3) is 0.833. The molecule has 0 radical (unpaired) electrons. The minimum atomic E-state index is 0.181. The Kier molecular flexibility index (Phi) is 9.60. The summed E-state index contributed by atoms with van der Waals surface area (Å²) in [7, 11) is 0. The van der Waals surface area contributed by atoms with E-state index >= 15 is 0 Å². The fourth-order valence-corrected chi connectivity index (χ4v) is 1.03. The molecule has 3 nitrogen and oxygen atoms in total. The van der Waals surface area contributed by atoms with E-state index in [9.17, 15) is 0 Å². The molecule has 0 saturated carbocycles. The SMILES string of the molecule is C#CCNCC(C)OCCOCC(C)C. The topological polar surface area (TPSA) is 30.5 Å². The second-order valence-corrected chi connectivity index (χ2v) is 3.99. The summed E-state index contributed by atoms with van der Waals surface area (Å²) >= 11 is 0. The maximum Gasteiger partial charge on any atom is 0.0704 e. The zero-order chi connectivity index (χ0) is 11.5. The Labute approximate surface area is 93.5 Å². The highest BCUT2D eigenvalue weighted by molar-refractivity contribution is 4.86. The van der Waals surface area contributed by atoms with Crippen LogP contribution in [0.1, 0.15) is 20.8 Å². The van der Waals surface area contributed by atoms with Crippen molar-refractivity contribution in [3.8, 4) is 12.3 Å². The van der Waals surface area contributed by atoms with Crippen LogP contribution in [0.4, 0.5) is 0 Å². The Morgan fingerprint density at radius 3 is 2.60 bits per heavy atom. The van der Waals surface area contributed by atoms with Gasteiger partial charge < -0.3 is 14.8 Å². The van der Waals surface area contributed by atoms with Crippen LogP contribution in [0.3, 0.4) is 0 Å². The van der Waals surface area contributed by atoms with Gasteiger partial charge in [-0.2, -0.15) is 0 Å². The Hall–Kier alpha value is -0.560. The zero-order valence-corrected chi connectivity index (χ0v) is 10.1. The van der Waals surface area contributed by atoms with Crippen molar-refractivity contribution in [2.75, 3.05) is 32.9 Å². The van der Waals surface area contributed by atoms with Crippen molar-refractivity contribution < 1.29 is 9.47 Å². The lowest BCUT2D eigenvalue weighted by atomic mass is 10.2. The van der Waals surface area contributed by atoms with E-state index in [0.717, 1.165) is 13.2 Å². The molecular weight excluding hydrogens is 190 g/mol. The monoisotopic (exact) mass is 213 g/mol. The van der Waals surface area contributed by atoms with Crippen LogP contribution in [-0.2, 0) is 9.47 Å².